The fourth-order valence-electron chi connectivity index (χ4n) is 3.29. The van der Waals surface area contributed by atoms with Gasteiger partial charge in [0, 0.05) is 18.8 Å². The quantitative estimate of drug-likeness (QED) is 0.918. The summed E-state index contributed by atoms with van der Waals surface area (Å²) in [6.07, 6.45) is 3.42. The van der Waals surface area contributed by atoms with E-state index < -0.39 is 6.10 Å². The molecule has 5 nitrogen and oxygen atoms in total. The van der Waals surface area contributed by atoms with E-state index >= 15 is 0 Å². The highest BCUT2D eigenvalue weighted by atomic mass is 16.5. The van der Waals surface area contributed by atoms with Crippen LogP contribution in [-0.4, -0.2) is 40.6 Å². The van der Waals surface area contributed by atoms with Crippen LogP contribution < -0.4 is 4.74 Å². The van der Waals surface area contributed by atoms with Crippen LogP contribution in [0, 0.1) is 0 Å². The van der Waals surface area contributed by atoms with Crippen molar-refractivity contribution in [1.82, 2.24) is 9.88 Å². The molecule has 126 valence electrons. The van der Waals surface area contributed by atoms with E-state index in [9.17, 15) is 9.90 Å². The van der Waals surface area contributed by atoms with Crippen molar-refractivity contribution in [3.8, 4) is 5.88 Å². The molecular weight excluding hydrogens is 304 g/mol. The fourth-order valence-corrected chi connectivity index (χ4v) is 3.29. The third-order valence-corrected chi connectivity index (χ3v) is 4.51. The van der Waals surface area contributed by atoms with Crippen molar-refractivity contribution in [1.29, 1.82) is 0 Å². The zero-order valence-corrected chi connectivity index (χ0v) is 13.8. The van der Waals surface area contributed by atoms with E-state index in [1.165, 1.54) is 7.11 Å². The van der Waals surface area contributed by atoms with Gasteiger partial charge < -0.3 is 14.7 Å². The summed E-state index contributed by atoms with van der Waals surface area (Å²) >= 11 is 0. The van der Waals surface area contributed by atoms with Crippen molar-refractivity contribution in [2.75, 3.05) is 13.7 Å². The molecule has 1 N–H and O–H groups in total. The van der Waals surface area contributed by atoms with Crippen molar-refractivity contribution in [2.24, 2.45) is 0 Å². The largest absolute Gasteiger partial charge is 0.480 e. The van der Waals surface area contributed by atoms with Crippen LogP contribution in [-0.2, 0) is 0 Å². The zero-order valence-electron chi connectivity index (χ0n) is 13.8. The Labute approximate surface area is 141 Å². The normalized spacial score (nSPS) is 18.4. The molecule has 2 aromatic rings. The number of amides is 1. The summed E-state index contributed by atoms with van der Waals surface area (Å²) in [4.78, 5) is 18.8. The molecule has 1 saturated heterocycles. The average Bonchev–Trinajstić information content (AvgIpc) is 3.09. The van der Waals surface area contributed by atoms with Gasteiger partial charge in [-0.15, -0.1) is 0 Å². The zero-order chi connectivity index (χ0) is 16.9. The Hall–Kier alpha value is -2.40. The number of rotatable bonds is 5. The lowest BCUT2D eigenvalue weighted by Crippen LogP contribution is -2.36. The summed E-state index contributed by atoms with van der Waals surface area (Å²) in [6, 6.07) is 13.1. The second kappa shape index (κ2) is 7.45. The van der Waals surface area contributed by atoms with Gasteiger partial charge in [0.2, 0.25) is 5.88 Å². The number of aliphatic hydroxyl groups is 1. The van der Waals surface area contributed by atoms with Crippen LogP contribution in [0.1, 0.15) is 41.3 Å². The summed E-state index contributed by atoms with van der Waals surface area (Å²) in [7, 11) is 1.51. The van der Waals surface area contributed by atoms with E-state index in [1.807, 2.05) is 35.2 Å². The molecule has 0 spiro atoms. The van der Waals surface area contributed by atoms with Crippen LogP contribution in [0.15, 0.2) is 48.7 Å². The molecule has 1 aliphatic rings. The van der Waals surface area contributed by atoms with Gasteiger partial charge in [-0.2, -0.15) is 0 Å². The van der Waals surface area contributed by atoms with Crippen LogP contribution in [0.4, 0.5) is 0 Å². The third-order valence-electron chi connectivity index (χ3n) is 4.51. The summed E-state index contributed by atoms with van der Waals surface area (Å²) in [5, 5.41) is 10.5. The third kappa shape index (κ3) is 3.41. The minimum Gasteiger partial charge on any atom is -0.480 e. The van der Waals surface area contributed by atoms with Crippen molar-refractivity contribution in [3.05, 3.63) is 59.8 Å². The van der Waals surface area contributed by atoms with E-state index in [2.05, 4.69) is 4.98 Å². The number of aliphatic hydroxyl groups excluding tert-OH is 1. The second-order valence-electron chi connectivity index (χ2n) is 6.02. The molecule has 2 heterocycles. The molecule has 5 heteroatoms. The number of hydrogen-bond donors (Lipinski definition) is 1. The number of methoxy groups -OCH3 is 1. The maximum atomic E-state index is 12.9. The number of pyridine rings is 1. The summed E-state index contributed by atoms with van der Waals surface area (Å²) < 4.78 is 5.20. The molecular formula is C19H22N2O3. The highest BCUT2D eigenvalue weighted by Crippen LogP contribution is 2.29. The molecule has 1 aliphatic heterocycles. The smallest absolute Gasteiger partial charge is 0.259 e. The van der Waals surface area contributed by atoms with Gasteiger partial charge in [0.15, 0.2) is 0 Å². The maximum absolute atomic E-state index is 12.9. The van der Waals surface area contributed by atoms with E-state index in [0.29, 0.717) is 24.4 Å². The minimum atomic E-state index is -0.569. The molecule has 1 aromatic heterocycles. The highest BCUT2D eigenvalue weighted by Gasteiger charge is 2.32. The molecule has 24 heavy (non-hydrogen) atoms. The van der Waals surface area contributed by atoms with Crippen LogP contribution >= 0.6 is 0 Å². The predicted molar refractivity (Wildman–Crippen MR) is 90.9 cm³/mol. The number of ether oxygens (including phenoxy) is 1. The topological polar surface area (TPSA) is 62.7 Å². The molecule has 0 bridgehead atoms. The second-order valence-corrected chi connectivity index (χ2v) is 6.02. The standard InChI is InChI=1S/C19H22N2O3/c1-24-18-16(10-5-11-20-18)19(23)21-12-6-9-15(21)13-17(22)14-7-3-2-4-8-14/h2-5,7-8,10-11,15,17,22H,6,9,12-13H2,1H3/t15-,17+/m1/s1. The van der Waals surface area contributed by atoms with Gasteiger partial charge in [-0.3, -0.25) is 4.79 Å². The monoisotopic (exact) mass is 326 g/mol. The highest BCUT2D eigenvalue weighted by molar-refractivity contribution is 5.96. The summed E-state index contributed by atoms with van der Waals surface area (Å²) in [6.45, 7) is 0.697. The molecule has 0 unspecified atom stereocenters. The van der Waals surface area contributed by atoms with Crippen molar-refractivity contribution < 1.29 is 14.6 Å². The lowest BCUT2D eigenvalue weighted by molar-refractivity contribution is 0.0663. The van der Waals surface area contributed by atoms with Crippen LogP contribution in [0.2, 0.25) is 0 Å². The molecule has 1 aromatic carbocycles. The molecule has 1 amide bonds. The Morgan fingerprint density at radius 1 is 1.33 bits per heavy atom. The first-order valence-corrected chi connectivity index (χ1v) is 8.23. The Morgan fingerprint density at radius 3 is 2.88 bits per heavy atom. The number of benzene rings is 1. The molecule has 0 saturated carbocycles. The molecule has 1 fully saturated rings. The Morgan fingerprint density at radius 2 is 2.12 bits per heavy atom. The fraction of sp³-hybridized carbons (Fsp3) is 0.368. The Balaban J connectivity index is 1.74. The van der Waals surface area contributed by atoms with Crippen molar-refractivity contribution in [2.45, 2.75) is 31.4 Å². The van der Waals surface area contributed by atoms with Crippen LogP contribution in [0.3, 0.4) is 0 Å². The number of aromatic nitrogens is 1. The first-order chi connectivity index (χ1) is 11.7. The number of carbonyl (C=O) groups excluding carboxylic acids is 1. The Bertz CT molecular complexity index is 690. The van der Waals surface area contributed by atoms with Gasteiger partial charge in [-0.05, 0) is 37.0 Å². The summed E-state index contributed by atoms with van der Waals surface area (Å²) in [5.74, 6) is 0.263. The number of likely N-dealkylation sites (tertiary alicyclic amines) is 1. The summed E-state index contributed by atoms with van der Waals surface area (Å²) in [5.41, 5.74) is 1.36. The first kappa shape index (κ1) is 16.5. The van der Waals surface area contributed by atoms with Crippen LogP contribution in [0.25, 0.3) is 0 Å². The number of carbonyl (C=O) groups is 1. The SMILES string of the molecule is COc1ncccc1C(=O)N1CCC[C@@H]1C[C@H](O)c1ccccc1. The van der Waals surface area contributed by atoms with Gasteiger partial charge in [-0.25, -0.2) is 4.98 Å². The molecule has 2 atom stereocenters. The van der Waals surface area contributed by atoms with Crippen molar-refractivity contribution >= 4 is 5.91 Å². The predicted octanol–water partition coefficient (Wildman–Crippen LogP) is 2.82. The van der Waals surface area contributed by atoms with E-state index in [-0.39, 0.29) is 11.9 Å². The van der Waals surface area contributed by atoms with Crippen molar-refractivity contribution in [3.63, 3.8) is 0 Å². The van der Waals surface area contributed by atoms with Gasteiger partial charge in [0.25, 0.3) is 5.91 Å². The average molecular weight is 326 g/mol. The van der Waals surface area contributed by atoms with Gasteiger partial charge in [-0.1, -0.05) is 30.3 Å². The van der Waals surface area contributed by atoms with Gasteiger partial charge >= 0.3 is 0 Å². The maximum Gasteiger partial charge on any atom is 0.259 e. The van der Waals surface area contributed by atoms with E-state index in [4.69, 9.17) is 4.74 Å². The lowest BCUT2D eigenvalue weighted by Gasteiger charge is -2.27. The van der Waals surface area contributed by atoms with Gasteiger partial charge in [0.1, 0.15) is 5.56 Å². The van der Waals surface area contributed by atoms with Crippen LogP contribution in [0.5, 0.6) is 5.88 Å². The lowest BCUT2D eigenvalue weighted by atomic mass is 10.0. The molecule has 0 radical (unpaired) electrons. The molecule has 3 rings (SSSR count). The molecule has 0 aliphatic carbocycles. The minimum absolute atomic E-state index is 0.0256. The first-order valence-electron chi connectivity index (χ1n) is 8.23. The number of nitrogens with zero attached hydrogens (tertiary/aromatic N) is 2. The van der Waals surface area contributed by atoms with E-state index in [1.54, 1.807) is 18.3 Å². The number of hydrogen-bond acceptors (Lipinski definition) is 4. The van der Waals surface area contributed by atoms with Gasteiger partial charge in [0.05, 0.1) is 13.2 Å². The van der Waals surface area contributed by atoms with E-state index in [0.717, 1.165) is 18.4 Å². The Kier molecular flexibility index (Phi) is 5.11.